The number of anilines is 1. The largest absolute Gasteiger partial charge is 0.363 e. The van der Waals surface area contributed by atoms with E-state index >= 15 is 0 Å². The summed E-state index contributed by atoms with van der Waals surface area (Å²) < 4.78 is 1.72. The Balaban J connectivity index is 2.09. The highest BCUT2D eigenvalue weighted by Gasteiger charge is 2.16. The Bertz CT molecular complexity index is 660. The average molecular weight is 287 g/mol. The van der Waals surface area contributed by atoms with Crippen molar-refractivity contribution < 1.29 is 4.79 Å². The van der Waals surface area contributed by atoms with Crippen molar-refractivity contribution >= 4 is 11.7 Å². The van der Waals surface area contributed by atoms with E-state index in [9.17, 15) is 4.79 Å². The molecule has 0 saturated heterocycles. The second-order valence-electron chi connectivity index (χ2n) is 5.27. The number of aromatic nitrogens is 3. The number of hydrogen-bond acceptors (Lipinski definition) is 4. The molecule has 0 spiro atoms. The predicted molar refractivity (Wildman–Crippen MR) is 82.4 cm³/mol. The monoisotopic (exact) mass is 287 g/mol. The number of carbonyl (C=O) groups is 1. The maximum absolute atomic E-state index is 12.3. The Morgan fingerprint density at radius 3 is 2.67 bits per heavy atom. The molecule has 6 heteroatoms. The Labute approximate surface area is 124 Å². The van der Waals surface area contributed by atoms with Gasteiger partial charge in [0.25, 0.3) is 5.91 Å². The summed E-state index contributed by atoms with van der Waals surface area (Å²) in [6, 6.07) is 3.86. The van der Waals surface area contributed by atoms with Crippen molar-refractivity contribution in [2.45, 2.75) is 20.4 Å². The molecule has 0 aliphatic rings. The molecule has 0 fully saturated rings. The summed E-state index contributed by atoms with van der Waals surface area (Å²) in [6.45, 7) is 4.21. The summed E-state index contributed by atoms with van der Waals surface area (Å²) in [5.41, 5.74) is 3.28. The zero-order valence-corrected chi connectivity index (χ0v) is 13.1. The van der Waals surface area contributed by atoms with Crippen molar-refractivity contribution in [2.75, 3.05) is 19.0 Å². The van der Waals surface area contributed by atoms with Crippen LogP contribution in [0.1, 0.15) is 27.3 Å². The van der Waals surface area contributed by atoms with Gasteiger partial charge in [-0.15, -0.1) is 0 Å². The number of rotatable bonds is 4. The third kappa shape index (κ3) is 3.21. The van der Waals surface area contributed by atoms with E-state index in [-0.39, 0.29) is 5.91 Å². The lowest BCUT2D eigenvalue weighted by Crippen LogP contribution is -2.24. The van der Waals surface area contributed by atoms with Crippen molar-refractivity contribution in [3.63, 3.8) is 0 Å². The molecular weight excluding hydrogens is 266 g/mol. The van der Waals surface area contributed by atoms with E-state index in [4.69, 9.17) is 0 Å². The molecule has 1 N–H and O–H groups in total. The van der Waals surface area contributed by atoms with Gasteiger partial charge < -0.3 is 10.2 Å². The van der Waals surface area contributed by atoms with Crippen molar-refractivity contribution in [3.05, 3.63) is 40.8 Å². The van der Waals surface area contributed by atoms with Crippen LogP contribution >= 0.6 is 0 Å². The fourth-order valence-electron chi connectivity index (χ4n) is 2.19. The molecular formula is C15H21N5O. The maximum atomic E-state index is 12.3. The minimum absolute atomic E-state index is 0.0960. The molecule has 112 valence electrons. The van der Waals surface area contributed by atoms with E-state index in [2.05, 4.69) is 15.4 Å². The topological polar surface area (TPSA) is 63.1 Å². The molecule has 0 saturated carbocycles. The van der Waals surface area contributed by atoms with Gasteiger partial charge in [-0.25, -0.2) is 4.98 Å². The number of nitrogens with zero attached hydrogens (tertiary/aromatic N) is 4. The minimum Gasteiger partial charge on any atom is -0.363 e. The molecule has 2 rings (SSSR count). The smallest absolute Gasteiger partial charge is 0.255 e. The summed E-state index contributed by atoms with van der Waals surface area (Å²) in [6.07, 6.45) is 1.75. The quantitative estimate of drug-likeness (QED) is 0.924. The van der Waals surface area contributed by atoms with Crippen LogP contribution in [0.5, 0.6) is 0 Å². The normalized spacial score (nSPS) is 10.5. The Hall–Kier alpha value is -2.37. The van der Waals surface area contributed by atoms with Crippen LogP contribution in [0.25, 0.3) is 0 Å². The molecule has 0 unspecified atom stereocenters. The molecule has 0 aromatic carbocycles. The van der Waals surface area contributed by atoms with Gasteiger partial charge in [-0.1, -0.05) is 0 Å². The van der Waals surface area contributed by atoms with Gasteiger partial charge in [-0.3, -0.25) is 9.48 Å². The fourth-order valence-corrected chi connectivity index (χ4v) is 2.19. The molecule has 2 aromatic rings. The van der Waals surface area contributed by atoms with Crippen LogP contribution < -0.4 is 10.2 Å². The zero-order chi connectivity index (χ0) is 15.6. The van der Waals surface area contributed by atoms with Gasteiger partial charge in [0.2, 0.25) is 0 Å². The van der Waals surface area contributed by atoms with Crippen LogP contribution in [-0.2, 0) is 13.6 Å². The van der Waals surface area contributed by atoms with Crippen LogP contribution in [0.2, 0.25) is 0 Å². The van der Waals surface area contributed by atoms with Crippen LogP contribution in [-0.4, -0.2) is 34.8 Å². The van der Waals surface area contributed by atoms with Crippen LogP contribution in [0.15, 0.2) is 18.3 Å². The van der Waals surface area contributed by atoms with Gasteiger partial charge in [0, 0.05) is 39.6 Å². The lowest BCUT2D eigenvalue weighted by atomic mass is 10.1. The van der Waals surface area contributed by atoms with Crippen LogP contribution in [0.3, 0.4) is 0 Å². The molecule has 21 heavy (non-hydrogen) atoms. The van der Waals surface area contributed by atoms with E-state index in [0.717, 1.165) is 22.8 Å². The number of amides is 1. The van der Waals surface area contributed by atoms with Crippen molar-refractivity contribution in [2.24, 2.45) is 7.05 Å². The van der Waals surface area contributed by atoms with Gasteiger partial charge in [0.1, 0.15) is 5.82 Å². The van der Waals surface area contributed by atoms with E-state index in [0.29, 0.717) is 12.1 Å². The second-order valence-corrected chi connectivity index (χ2v) is 5.27. The maximum Gasteiger partial charge on any atom is 0.255 e. The molecule has 6 nitrogen and oxygen atoms in total. The van der Waals surface area contributed by atoms with Crippen LogP contribution in [0, 0.1) is 13.8 Å². The molecule has 0 aliphatic carbocycles. The van der Waals surface area contributed by atoms with Gasteiger partial charge >= 0.3 is 0 Å². The molecule has 2 heterocycles. The third-order valence-corrected chi connectivity index (χ3v) is 3.46. The Morgan fingerprint density at radius 1 is 1.38 bits per heavy atom. The van der Waals surface area contributed by atoms with E-state index in [1.54, 1.807) is 10.9 Å². The molecule has 0 aliphatic heterocycles. The van der Waals surface area contributed by atoms with Crippen molar-refractivity contribution in [1.29, 1.82) is 0 Å². The van der Waals surface area contributed by atoms with Gasteiger partial charge in [0.15, 0.2) is 0 Å². The predicted octanol–water partition coefficient (Wildman–Crippen LogP) is 1.43. The lowest BCUT2D eigenvalue weighted by Gasteiger charge is -2.12. The SMILES string of the molecule is Cc1nn(C)c(C)c1C(=O)NCc1ccnc(N(C)C)c1. The van der Waals surface area contributed by atoms with Gasteiger partial charge in [-0.2, -0.15) is 5.10 Å². The lowest BCUT2D eigenvalue weighted by molar-refractivity contribution is 0.0949. The third-order valence-electron chi connectivity index (χ3n) is 3.46. The highest BCUT2D eigenvalue weighted by atomic mass is 16.1. The first-order valence-electron chi connectivity index (χ1n) is 6.80. The number of hydrogen-bond donors (Lipinski definition) is 1. The Morgan fingerprint density at radius 2 is 2.10 bits per heavy atom. The van der Waals surface area contributed by atoms with E-state index < -0.39 is 0 Å². The van der Waals surface area contributed by atoms with E-state index in [1.165, 1.54) is 0 Å². The van der Waals surface area contributed by atoms with Crippen LogP contribution in [0.4, 0.5) is 5.82 Å². The molecule has 0 radical (unpaired) electrons. The highest BCUT2D eigenvalue weighted by Crippen LogP contribution is 2.13. The average Bonchev–Trinajstić information content (AvgIpc) is 2.70. The van der Waals surface area contributed by atoms with Crippen molar-refractivity contribution in [3.8, 4) is 0 Å². The number of aryl methyl sites for hydroxylation is 2. The second kappa shape index (κ2) is 5.95. The zero-order valence-electron chi connectivity index (χ0n) is 13.1. The van der Waals surface area contributed by atoms with E-state index in [1.807, 2.05) is 52.0 Å². The van der Waals surface area contributed by atoms with Gasteiger partial charge in [-0.05, 0) is 31.5 Å². The minimum atomic E-state index is -0.0960. The number of carbonyl (C=O) groups excluding carboxylic acids is 1. The highest BCUT2D eigenvalue weighted by molar-refractivity contribution is 5.96. The van der Waals surface area contributed by atoms with Crippen molar-refractivity contribution in [1.82, 2.24) is 20.1 Å². The first-order chi connectivity index (χ1) is 9.90. The Kier molecular flexibility index (Phi) is 4.26. The summed E-state index contributed by atoms with van der Waals surface area (Å²) >= 11 is 0. The molecule has 2 aromatic heterocycles. The molecule has 0 atom stereocenters. The summed E-state index contributed by atoms with van der Waals surface area (Å²) in [4.78, 5) is 18.5. The van der Waals surface area contributed by atoms with Gasteiger partial charge in [0.05, 0.1) is 11.3 Å². The first kappa shape index (κ1) is 15.0. The number of pyridine rings is 1. The molecule has 0 bridgehead atoms. The standard InChI is InChI=1S/C15H21N5O/c1-10-14(11(2)20(5)18-10)15(21)17-9-12-6-7-16-13(8-12)19(3)4/h6-8H,9H2,1-5H3,(H,17,21). The molecule has 1 amide bonds. The summed E-state index contributed by atoms with van der Waals surface area (Å²) in [5.74, 6) is 0.775. The first-order valence-corrected chi connectivity index (χ1v) is 6.80. The summed E-state index contributed by atoms with van der Waals surface area (Å²) in [7, 11) is 5.71. The number of nitrogens with one attached hydrogen (secondary N) is 1. The summed E-state index contributed by atoms with van der Waals surface area (Å²) in [5, 5.41) is 7.20. The fraction of sp³-hybridized carbons (Fsp3) is 0.400.